The first-order valence-electron chi connectivity index (χ1n) is 9.68. The number of aromatic nitrogens is 4. The summed E-state index contributed by atoms with van der Waals surface area (Å²) >= 11 is 0. The van der Waals surface area contributed by atoms with E-state index < -0.39 is 11.6 Å². The molecule has 158 valence electrons. The molecule has 4 aromatic rings. The van der Waals surface area contributed by atoms with Gasteiger partial charge in [-0.25, -0.2) is 18.9 Å². The molecule has 9 heteroatoms. The number of carbonyl (C=O) groups excluding carboxylic acids is 1. The summed E-state index contributed by atoms with van der Waals surface area (Å²) in [6, 6.07) is 16.5. The zero-order valence-electron chi connectivity index (χ0n) is 17.4. The van der Waals surface area contributed by atoms with Crippen LogP contribution in [-0.2, 0) is 11.3 Å². The lowest BCUT2D eigenvalue weighted by Crippen LogP contribution is -2.29. The Labute approximate surface area is 178 Å². The molecule has 4 rings (SSSR count). The summed E-state index contributed by atoms with van der Waals surface area (Å²) in [7, 11) is 1.52. The maximum Gasteiger partial charge on any atom is 0.353 e. The topological polar surface area (TPSA) is 103 Å². The minimum atomic E-state index is -0.465. The molecule has 0 aliphatic heterocycles. The van der Waals surface area contributed by atoms with Gasteiger partial charge in [0.05, 0.1) is 12.8 Å². The number of amides is 1. The van der Waals surface area contributed by atoms with Crippen LogP contribution < -0.4 is 21.1 Å². The summed E-state index contributed by atoms with van der Waals surface area (Å²) in [4.78, 5) is 30.0. The van der Waals surface area contributed by atoms with Crippen LogP contribution in [0.4, 0.5) is 17.3 Å². The second-order valence-electron chi connectivity index (χ2n) is 7.10. The lowest BCUT2D eigenvalue weighted by Gasteiger charge is -2.09. The first-order valence-corrected chi connectivity index (χ1v) is 9.68. The number of benzene rings is 2. The van der Waals surface area contributed by atoms with E-state index in [9.17, 15) is 9.59 Å². The molecule has 0 saturated carbocycles. The Morgan fingerprint density at radius 1 is 1.10 bits per heavy atom. The predicted molar refractivity (Wildman–Crippen MR) is 118 cm³/mol. The van der Waals surface area contributed by atoms with E-state index in [1.165, 1.54) is 11.5 Å². The van der Waals surface area contributed by atoms with Gasteiger partial charge in [-0.2, -0.15) is 0 Å². The van der Waals surface area contributed by atoms with Crippen LogP contribution in [-0.4, -0.2) is 32.2 Å². The third kappa shape index (κ3) is 4.25. The number of hydrogen-bond donors (Lipinski definition) is 2. The minimum Gasteiger partial charge on any atom is -0.495 e. The second-order valence-corrected chi connectivity index (χ2v) is 7.10. The van der Waals surface area contributed by atoms with Crippen LogP contribution >= 0.6 is 0 Å². The molecule has 2 aromatic carbocycles. The molecule has 0 saturated heterocycles. The average Bonchev–Trinajstić information content (AvgIpc) is 3.03. The molecule has 1 amide bonds. The molecular formula is C22H22N6O3. The number of carbonyl (C=O) groups is 1. The summed E-state index contributed by atoms with van der Waals surface area (Å²) in [6.07, 6.45) is 0. The van der Waals surface area contributed by atoms with Crippen molar-refractivity contribution in [2.24, 2.45) is 0 Å². The summed E-state index contributed by atoms with van der Waals surface area (Å²) in [5.74, 6) is 0.470. The Kier molecular flexibility index (Phi) is 5.40. The van der Waals surface area contributed by atoms with Gasteiger partial charge in [-0.1, -0.05) is 24.3 Å². The van der Waals surface area contributed by atoms with E-state index in [4.69, 9.17) is 4.74 Å². The molecule has 0 aliphatic rings. The maximum absolute atomic E-state index is 13.0. The van der Waals surface area contributed by atoms with E-state index in [2.05, 4.69) is 20.7 Å². The van der Waals surface area contributed by atoms with Crippen LogP contribution in [0.2, 0.25) is 0 Å². The zero-order chi connectivity index (χ0) is 22.0. The Hall–Kier alpha value is -4.14. The van der Waals surface area contributed by atoms with Crippen LogP contribution in [0.1, 0.15) is 11.3 Å². The highest BCUT2D eigenvalue weighted by molar-refractivity contribution is 5.92. The highest BCUT2D eigenvalue weighted by Gasteiger charge is 2.16. The van der Waals surface area contributed by atoms with Gasteiger partial charge in [0.1, 0.15) is 12.3 Å². The quantitative estimate of drug-likeness (QED) is 0.499. The Morgan fingerprint density at radius 2 is 1.90 bits per heavy atom. The number of rotatable bonds is 6. The number of para-hydroxylation sites is 2. The third-order valence-electron chi connectivity index (χ3n) is 4.65. The van der Waals surface area contributed by atoms with Crippen molar-refractivity contribution in [1.82, 2.24) is 19.2 Å². The molecule has 0 spiro atoms. The fourth-order valence-electron chi connectivity index (χ4n) is 3.27. The number of nitrogens with one attached hydrogen (secondary N) is 2. The summed E-state index contributed by atoms with van der Waals surface area (Å²) in [6.45, 7) is 3.55. The van der Waals surface area contributed by atoms with E-state index in [1.54, 1.807) is 30.3 Å². The van der Waals surface area contributed by atoms with E-state index in [0.717, 1.165) is 15.9 Å². The summed E-state index contributed by atoms with van der Waals surface area (Å²) in [5.41, 5.74) is 3.02. The molecule has 0 fully saturated rings. The minimum absolute atomic E-state index is 0.249. The Bertz CT molecular complexity index is 1320. The molecule has 2 N–H and O–H groups in total. The highest BCUT2D eigenvalue weighted by atomic mass is 16.5. The molecule has 0 atom stereocenters. The largest absolute Gasteiger partial charge is 0.495 e. The van der Waals surface area contributed by atoms with Crippen molar-refractivity contribution in [3.63, 3.8) is 0 Å². The molecule has 0 radical (unpaired) electrons. The number of hydrogen-bond acceptors (Lipinski definition) is 6. The van der Waals surface area contributed by atoms with E-state index in [1.807, 2.05) is 38.1 Å². The number of nitrogens with zero attached hydrogens (tertiary/aromatic N) is 4. The van der Waals surface area contributed by atoms with Gasteiger partial charge < -0.3 is 15.4 Å². The fraction of sp³-hybridized carbons (Fsp3) is 0.182. The van der Waals surface area contributed by atoms with Gasteiger partial charge in [0, 0.05) is 17.4 Å². The summed E-state index contributed by atoms with van der Waals surface area (Å²) < 4.78 is 7.71. The van der Waals surface area contributed by atoms with Gasteiger partial charge in [0.25, 0.3) is 0 Å². The predicted octanol–water partition coefficient (Wildman–Crippen LogP) is 2.90. The van der Waals surface area contributed by atoms with E-state index in [-0.39, 0.29) is 6.54 Å². The van der Waals surface area contributed by atoms with Crippen molar-refractivity contribution >= 4 is 28.9 Å². The lowest BCUT2D eigenvalue weighted by molar-refractivity contribution is -0.117. The van der Waals surface area contributed by atoms with Crippen LogP contribution in [0.25, 0.3) is 5.65 Å². The van der Waals surface area contributed by atoms with Crippen molar-refractivity contribution in [3.8, 4) is 5.75 Å². The Morgan fingerprint density at radius 3 is 2.68 bits per heavy atom. The van der Waals surface area contributed by atoms with Crippen molar-refractivity contribution in [1.29, 1.82) is 0 Å². The van der Waals surface area contributed by atoms with Crippen LogP contribution in [0.3, 0.4) is 0 Å². The van der Waals surface area contributed by atoms with Gasteiger partial charge in [-0.05, 0) is 43.7 Å². The van der Waals surface area contributed by atoms with Gasteiger partial charge >= 0.3 is 5.69 Å². The molecular weight excluding hydrogens is 396 g/mol. The lowest BCUT2D eigenvalue weighted by atomic mass is 10.2. The van der Waals surface area contributed by atoms with Crippen LogP contribution in [0, 0.1) is 13.8 Å². The SMILES string of the molecule is COc1ccccc1NC(=O)Cn1nc2cc(C)nc(Nc3cccc(C)c3)n2c1=O. The molecule has 0 unspecified atom stereocenters. The molecule has 0 bridgehead atoms. The van der Waals surface area contributed by atoms with Gasteiger partial charge in [-0.15, -0.1) is 5.10 Å². The van der Waals surface area contributed by atoms with E-state index >= 15 is 0 Å². The standard InChI is InChI=1S/C22H22N6O3/c1-14-7-6-8-16(11-14)24-21-23-15(2)12-19-26-27(22(30)28(19)21)13-20(29)25-17-9-4-5-10-18(17)31-3/h4-12H,13H2,1-3H3,(H,23,24)(H,25,29). The number of aryl methyl sites for hydroxylation is 2. The van der Waals surface area contributed by atoms with Crippen molar-refractivity contribution in [3.05, 3.63) is 76.3 Å². The van der Waals surface area contributed by atoms with Crippen molar-refractivity contribution in [2.45, 2.75) is 20.4 Å². The van der Waals surface area contributed by atoms with Crippen molar-refractivity contribution in [2.75, 3.05) is 17.7 Å². The fourth-order valence-corrected chi connectivity index (χ4v) is 3.27. The average molecular weight is 418 g/mol. The number of anilines is 3. The number of methoxy groups -OCH3 is 1. The first-order chi connectivity index (χ1) is 14.9. The first kappa shape index (κ1) is 20.1. The molecule has 31 heavy (non-hydrogen) atoms. The molecule has 2 aromatic heterocycles. The monoisotopic (exact) mass is 418 g/mol. The van der Waals surface area contributed by atoms with Crippen LogP contribution in [0.15, 0.2) is 59.4 Å². The second kappa shape index (κ2) is 8.31. The normalized spacial score (nSPS) is 10.8. The van der Waals surface area contributed by atoms with Crippen molar-refractivity contribution < 1.29 is 9.53 Å². The maximum atomic E-state index is 13.0. The number of fused-ring (bicyclic) bond motifs is 1. The summed E-state index contributed by atoms with van der Waals surface area (Å²) in [5, 5.41) is 10.2. The molecule has 9 nitrogen and oxygen atoms in total. The molecule has 0 aliphatic carbocycles. The van der Waals surface area contributed by atoms with E-state index in [0.29, 0.717) is 28.7 Å². The molecule has 2 heterocycles. The van der Waals surface area contributed by atoms with Gasteiger partial charge in [0.15, 0.2) is 5.65 Å². The zero-order valence-corrected chi connectivity index (χ0v) is 17.4. The number of ether oxygens (including phenoxy) is 1. The van der Waals surface area contributed by atoms with Crippen LogP contribution in [0.5, 0.6) is 5.75 Å². The third-order valence-corrected chi connectivity index (χ3v) is 4.65. The van der Waals surface area contributed by atoms with Gasteiger partial charge in [-0.3, -0.25) is 4.79 Å². The highest BCUT2D eigenvalue weighted by Crippen LogP contribution is 2.23. The van der Waals surface area contributed by atoms with Gasteiger partial charge in [0.2, 0.25) is 11.9 Å². The Balaban J connectivity index is 1.64. The smallest absolute Gasteiger partial charge is 0.353 e.